The number of hydrogen-bond donors (Lipinski definition) is 1. The van der Waals surface area contributed by atoms with Gasteiger partial charge < -0.3 is 5.11 Å². The lowest BCUT2D eigenvalue weighted by Crippen LogP contribution is -2.52. The fourth-order valence-electron chi connectivity index (χ4n) is 7.30. The molecule has 2 amide bonds. The van der Waals surface area contributed by atoms with E-state index in [1.54, 1.807) is 6.92 Å². The van der Waals surface area contributed by atoms with Gasteiger partial charge in [0.15, 0.2) is 0 Å². The Morgan fingerprint density at radius 2 is 0.919 bits per heavy atom. The molecule has 4 aromatic carbocycles. The highest BCUT2D eigenvalue weighted by Gasteiger charge is 2.63. The summed E-state index contributed by atoms with van der Waals surface area (Å²) < 4.78 is 0. The maximum atomic E-state index is 14.3. The van der Waals surface area contributed by atoms with Crippen LogP contribution in [0.5, 0.6) is 0 Å². The van der Waals surface area contributed by atoms with E-state index in [1.165, 1.54) is 4.90 Å². The maximum absolute atomic E-state index is 14.3. The van der Waals surface area contributed by atoms with E-state index in [0.717, 1.165) is 22.3 Å². The second-order valence-electron chi connectivity index (χ2n) is 10.5. The number of likely N-dealkylation sites (tertiary alicyclic amines) is 1. The second kappa shape index (κ2) is 7.99. The summed E-state index contributed by atoms with van der Waals surface area (Å²) in [6.07, 6.45) is 0. The Kier molecular flexibility index (Phi) is 4.79. The highest BCUT2D eigenvalue weighted by atomic mass is 16.3. The van der Waals surface area contributed by atoms with E-state index in [9.17, 15) is 14.7 Å². The third-order valence-corrected chi connectivity index (χ3v) is 8.90. The number of aliphatic hydroxyl groups is 1. The van der Waals surface area contributed by atoms with Crippen LogP contribution in [0.25, 0.3) is 0 Å². The van der Waals surface area contributed by atoms with Crippen molar-refractivity contribution in [1.29, 1.82) is 0 Å². The minimum atomic E-state index is -1.56. The van der Waals surface area contributed by atoms with Gasteiger partial charge in [0, 0.05) is 11.8 Å². The molecule has 1 fully saturated rings. The average Bonchev–Trinajstić information content (AvgIpc) is 3.23. The molecular formula is C33H27NO3. The van der Waals surface area contributed by atoms with Crippen LogP contribution in [0.1, 0.15) is 52.1 Å². The summed E-state index contributed by atoms with van der Waals surface area (Å²) >= 11 is 0. The summed E-state index contributed by atoms with van der Waals surface area (Å²) in [6, 6.07) is 34.4. The molecule has 2 bridgehead atoms. The number of rotatable bonds is 4. The summed E-state index contributed by atoms with van der Waals surface area (Å²) in [7, 11) is 0. The van der Waals surface area contributed by atoms with Crippen LogP contribution < -0.4 is 0 Å². The van der Waals surface area contributed by atoms with Gasteiger partial charge in [-0.3, -0.25) is 14.5 Å². The summed E-state index contributed by atoms with van der Waals surface area (Å²) in [5, 5.41) is 12.4. The number of amides is 2. The first-order valence-electron chi connectivity index (χ1n) is 12.9. The van der Waals surface area contributed by atoms with Gasteiger partial charge >= 0.3 is 0 Å². The molecule has 0 saturated carbocycles. The third kappa shape index (κ3) is 2.88. The van der Waals surface area contributed by atoms with Gasteiger partial charge in [0.05, 0.1) is 17.9 Å². The van der Waals surface area contributed by atoms with E-state index in [0.29, 0.717) is 11.1 Å². The lowest BCUT2D eigenvalue weighted by molar-refractivity contribution is -0.148. The number of benzene rings is 4. The van der Waals surface area contributed by atoms with E-state index < -0.39 is 23.5 Å². The van der Waals surface area contributed by atoms with Crippen molar-refractivity contribution in [2.24, 2.45) is 11.8 Å². The van der Waals surface area contributed by atoms with Crippen molar-refractivity contribution in [3.05, 3.63) is 143 Å². The molecule has 182 valence electrons. The number of nitrogens with zero attached hydrogens (tertiary/aromatic N) is 1. The molecule has 4 aliphatic rings. The van der Waals surface area contributed by atoms with Crippen LogP contribution in [0.4, 0.5) is 0 Å². The molecule has 1 heterocycles. The predicted octanol–water partition coefficient (Wildman–Crippen LogP) is 5.20. The van der Waals surface area contributed by atoms with Crippen LogP contribution in [-0.4, -0.2) is 27.9 Å². The van der Waals surface area contributed by atoms with Crippen LogP contribution >= 0.6 is 0 Å². The smallest absolute Gasteiger partial charge is 0.234 e. The third-order valence-electron chi connectivity index (χ3n) is 8.90. The Morgan fingerprint density at radius 3 is 1.27 bits per heavy atom. The van der Waals surface area contributed by atoms with Crippen molar-refractivity contribution in [1.82, 2.24) is 4.90 Å². The van der Waals surface area contributed by atoms with E-state index in [4.69, 9.17) is 0 Å². The number of hydrogen-bond acceptors (Lipinski definition) is 3. The normalized spacial score (nSPS) is 24.4. The molecule has 1 aliphatic heterocycles. The molecule has 4 nitrogen and oxygen atoms in total. The first kappa shape index (κ1) is 22.2. The van der Waals surface area contributed by atoms with Crippen molar-refractivity contribution in [3.8, 4) is 0 Å². The van der Waals surface area contributed by atoms with Crippen LogP contribution in [0.2, 0.25) is 0 Å². The molecule has 3 aliphatic carbocycles. The van der Waals surface area contributed by atoms with Gasteiger partial charge in [-0.05, 0) is 40.3 Å². The van der Waals surface area contributed by atoms with Gasteiger partial charge in [0.25, 0.3) is 0 Å². The lowest BCUT2D eigenvalue weighted by Gasteiger charge is -2.45. The molecule has 37 heavy (non-hydrogen) atoms. The molecular weight excluding hydrogens is 458 g/mol. The van der Waals surface area contributed by atoms with Gasteiger partial charge in [-0.2, -0.15) is 0 Å². The largest absolute Gasteiger partial charge is 0.378 e. The Labute approximate surface area is 216 Å². The van der Waals surface area contributed by atoms with Crippen LogP contribution in [0, 0.1) is 11.8 Å². The van der Waals surface area contributed by atoms with E-state index in [2.05, 4.69) is 24.3 Å². The van der Waals surface area contributed by atoms with E-state index >= 15 is 0 Å². The SMILES string of the molecule is C[C@@H](N1C(=O)[C@@H]2C3c4ccccc4C(c4ccccc43)[C@@H]2C1=O)C(O)(c1ccccc1)c1ccccc1. The van der Waals surface area contributed by atoms with Crippen molar-refractivity contribution < 1.29 is 14.7 Å². The van der Waals surface area contributed by atoms with Crippen LogP contribution in [0.15, 0.2) is 109 Å². The second-order valence-corrected chi connectivity index (χ2v) is 10.5. The number of carbonyl (C=O) groups is 2. The van der Waals surface area contributed by atoms with Crippen molar-refractivity contribution in [3.63, 3.8) is 0 Å². The molecule has 4 heteroatoms. The molecule has 1 saturated heterocycles. The van der Waals surface area contributed by atoms with Crippen LogP contribution in [-0.2, 0) is 15.2 Å². The lowest BCUT2D eigenvalue weighted by atomic mass is 9.55. The van der Waals surface area contributed by atoms with Crippen molar-refractivity contribution in [2.75, 3.05) is 0 Å². The van der Waals surface area contributed by atoms with Gasteiger partial charge in [-0.25, -0.2) is 0 Å². The minimum absolute atomic E-state index is 0.169. The van der Waals surface area contributed by atoms with Gasteiger partial charge in [-0.15, -0.1) is 0 Å². The highest BCUT2D eigenvalue weighted by Crippen LogP contribution is 2.61. The fraction of sp³-hybridized carbons (Fsp3) is 0.212. The molecule has 0 spiro atoms. The quantitative estimate of drug-likeness (QED) is 0.404. The van der Waals surface area contributed by atoms with Crippen molar-refractivity contribution in [2.45, 2.75) is 30.4 Å². The average molecular weight is 486 g/mol. The van der Waals surface area contributed by atoms with Crippen molar-refractivity contribution >= 4 is 11.8 Å². The molecule has 3 atom stereocenters. The van der Waals surface area contributed by atoms with Crippen LogP contribution in [0.3, 0.4) is 0 Å². The first-order chi connectivity index (χ1) is 18.0. The molecule has 0 unspecified atom stereocenters. The predicted molar refractivity (Wildman–Crippen MR) is 141 cm³/mol. The summed E-state index contributed by atoms with van der Waals surface area (Å²) in [4.78, 5) is 30.0. The zero-order valence-electron chi connectivity index (χ0n) is 20.5. The molecule has 0 aromatic heterocycles. The van der Waals surface area contributed by atoms with Gasteiger partial charge in [0.2, 0.25) is 11.8 Å². The Hall–Kier alpha value is -4.02. The van der Waals surface area contributed by atoms with Gasteiger partial charge in [0.1, 0.15) is 5.60 Å². The monoisotopic (exact) mass is 485 g/mol. The van der Waals surface area contributed by atoms with Gasteiger partial charge in [-0.1, -0.05) is 109 Å². The topological polar surface area (TPSA) is 57.6 Å². The standard InChI is InChI=1S/C33H27NO3/c1-20(33(37,21-12-4-2-5-13-21)22-14-6-3-7-15-22)34-31(35)29-27-23-16-8-9-17-24(23)28(30(29)32(34)36)26-19-11-10-18-25(26)27/h2-20,27-30,37H,1H3/t20-,27?,28?,29-,30+/m1/s1. The summed E-state index contributed by atoms with van der Waals surface area (Å²) in [6.45, 7) is 1.80. The fourth-order valence-corrected chi connectivity index (χ4v) is 7.30. The minimum Gasteiger partial charge on any atom is -0.378 e. The zero-order chi connectivity index (χ0) is 25.3. The molecule has 0 radical (unpaired) electrons. The Balaban J connectivity index is 1.38. The Bertz CT molecular complexity index is 1370. The summed E-state index contributed by atoms with van der Waals surface area (Å²) in [5.41, 5.74) is 4.32. The van der Waals surface area contributed by atoms with E-state index in [-0.39, 0.29) is 23.7 Å². The molecule has 4 aromatic rings. The number of imide groups is 1. The zero-order valence-corrected chi connectivity index (χ0v) is 20.5. The Morgan fingerprint density at radius 1 is 0.595 bits per heavy atom. The molecule has 8 rings (SSSR count). The first-order valence-corrected chi connectivity index (χ1v) is 12.9. The summed E-state index contributed by atoms with van der Waals surface area (Å²) in [5.74, 6) is -1.66. The maximum Gasteiger partial charge on any atom is 0.234 e. The number of carbonyl (C=O) groups excluding carboxylic acids is 2. The van der Waals surface area contributed by atoms with E-state index in [1.807, 2.05) is 84.9 Å². The molecule has 1 N–H and O–H groups in total. The highest BCUT2D eigenvalue weighted by molar-refractivity contribution is 6.08.